The molecule has 1 amide bonds. The van der Waals surface area contributed by atoms with Gasteiger partial charge in [0.25, 0.3) is 5.19 Å². The van der Waals surface area contributed by atoms with Gasteiger partial charge in [0.05, 0.1) is 4.70 Å². The van der Waals surface area contributed by atoms with Gasteiger partial charge in [-0.05, 0) is 29.8 Å². The lowest BCUT2D eigenvalue weighted by atomic mass is 10.1. The van der Waals surface area contributed by atoms with Gasteiger partial charge in [-0.15, -0.1) is 0 Å². The Bertz CT molecular complexity index is 1170. The Balaban J connectivity index is 1.16. The van der Waals surface area contributed by atoms with Crippen molar-refractivity contribution in [2.45, 2.75) is 18.9 Å². The summed E-state index contributed by atoms with van der Waals surface area (Å²) in [6, 6.07) is 7.57. The number of carbonyl (C=O) groups excluding carboxylic acids is 1. The van der Waals surface area contributed by atoms with Crippen LogP contribution in [-0.2, 0) is 4.79 Å². The van der Waals surface area contributed by atoms with Crippen molar-refractivity contribution in [1.82, 2.24) is 9.88 Å². The van der Waals surface area contributed by atoms with Crippen molar-refractivity contribution >= 4 is 33.5 Å². The fraction of sp³-hybridized carbons (Fsp3) is 0.273. The molecular formula is C22H18F2N2O4S. The van der Waals surface area contributed by atoms with Gasteiger partial charge in [0, 0.05) is 38.1 Å². The molecule has 1 saturated heterocycles. The number of aromatic nitrogens is 1. The van der Waals surface area contributed by atoms with Gasteiger partial charge < -0.3 is 19.1 Å². The second-order valence-corrected chi connectivity index (χ2v) is 8.30. The van der Waals surface area contributed by atoms with Gasteiger partial charge in [0.1, 0.15) is 17.4 Å². The van der Waals surface area contributed by atoms with E-state index in [0.29, 0.717) is 47.3 Å². The highest BCUT2D eigenvalue weighted by molar-refractivity contribution is 7.20. The lowest BCUT2D eigenvalue weighted by molar-refractivity contribution is -0.127. The van der Waals surface area contributed by atoms with Crippen LogP contribution in [0.25, 0.3) is 16.3 Å². The zero-order chi connectivity index (χ0) is 21.4. The van der Waals surface area contributed by atoms with Crippen LogP contribution in [-0.4, -0.2) is 41.8 Å². The Hall–Kier alpha value is -3.20. The number of ether oxygens (including phenoxy) is 3. The first kappa shape index (κ1) is 19.7. The van der Waals surface area contributed by atoms with Crippen LogP contribution in [0.3, 0.4) is 0 Å². The maximum atomic E-state index is 13.8. The van der Waals surface area contributed by atoms with Crippen LogP contribution in [0.5, 0.6) is 16.7 Å². The summed E-state index contributed by atoms with van der Waals surface area (Å²) in [5, 5.41) is 0.312. The number of nitrogens with zero attached hydrogens (tertiary/aromatic N) is 2. The first-order chi connectivity index (χ1) is 15.0. The third-order valence-electron chi connectivity index (χ3n) is 5.23. The molecule has 0 N–H and O–H groups in total. The van der Waals surface area contributed by atoms with Crippen LogP contribution in [0.4, 0.5) is 8.78 Å². The number of rotatable bonds is 4. The van der Waals surface area contributed by atoms with E-state index in [4.69, 9.17) is 14.2 Å². The molecule has 0 radical (unpaired) electrons. The average Bonchev–Trinajstić information content (AvgIpc) is 3.38. The van der Waals surface area contributed by atoms with Crippen molar-refractivity contribution in [2.24, 2.45) is 0 Å². The SMILES string of the molecule is O=C(/C=C/c1ccc2c(c1)OCO2)N1CCC(Oc2nc3c(F)cc(F)cc3s2)CC1. The summed E-state index contributed by atoms with van der Waals surface area (Å²) in [6.07, 6.45) is 4.44. The van der Waals surface area contributed by atoms with Gasteiger partial charge in [-0.25, -0.2) is 8.78 Å². The van der Waals surface area contributed by atoms with E-state index in [9.17, 15) is 13.6 Å². The molecule has 160 valence electrons. The van der Waals surface area contributed by atoms with Gasteiger partial charge in [-0.1, -0.05) is 17.4 Å². The van der Waals surface area contributed by atoms with E-state index in [1.807, 2.05) is 18.2 Å². The van der Waals surface area contributed by atoms with Crippen molar-refractivity contribution < 1.29 is 27.8 Å². The number of carbonyl (C=O) groups is 1. The number of fused-ring (bicyclic) bond motifs is 2. The van der Waals surface area contributed by atoms with E-state index in [1.54, 1.807) is 17.1 Å². The van der Waals surface area contributed by atoms with Gasteiger partial charge in [0.2, 0.25) is 12.7 Å². The Morgan fingerprint density at radius 1 is 1.16 bits per heavy atom. The normalized spacial score (nSPS) is 16.4. The van der Waals surface area contributed by atoms with Gasteiger partial charge >= 0.3 is 0 Å². The Morgan fingerprint density at radius 2 is 1.97 bits per heavy atom. The second kappa shape index (κ2) is 8.14. The van der Waals surface area contributed by atoms with Gasteiger partial charge in [0.15, 0.2) is 17.3 Å². The van der Waals surface area contributed by atoms with Crippen LogP contribution in [0.2, 0.25) is 0 Å². The molecule has 6 nitrogen and oxygen atoms in total. The molecule has 5 rings (SSSR count). The molecule has 0 atom stereocenters. The number of thiazole rings is 1. The average molecular weight is 444 g/mol. The van der Waals surface area contributed by atoms with Crippen molar-refractivity contribution in [3.63, 3.8) is 0 Å². The molecule has 1 fully saturated rings. The summed E-state index contributed by atoms with van der Waals surface area (Å²) in [5.41, 5.74) is 0.970. The zero-order valence-electron chi connectivity index (χ0n) is 16.3. The van der Waals surface area contributed by atoms with E-state index < -0.39 is 11.6 Å². The Labute approximate surface area is 180 Å². The molecule has 0 spiro atoms. The monoisotopic (exact) mass is 444 g/mol. The molecule has 0 bridgehead atoms. The lowest BCUT2D eigenvalue weighted by Crippen LogP contribution is -2.41. The van der Waals surface area contributed by atoms with Crippen LogP contribution < -0.4 is 14.2 Å². The maximum Gasteiger partial charge on any atom is 0.274 e. The van der Waals surface area contributed by atoms with Crippen LogP contribution in [0.15, 0.2) is 36.4 Å². The number of likely N-dealkylation sites (tertiary alicyclic amines) is 1. The van der Waals surface area contributed by atoms with Crippen molar-refractivity contribution in [2.75, 3.05) is 19.9 Å². The Kier molecular flexibility index (Phi) is 5.19. The lowest BCUT2D eigenvalue weighted by Gasteiger charge is -2.30. The Morgan fingerprint density at radius 3 is 2.81 bits per heavy atom. The highest BCUT2D eigenvalue weighted by Crippen LogP contribution is 2.33. The minimum Gasteiger partial charge on any atom is -0.467 e. The van der Waals surface area contributed by atoms with Crippen LogP contribution in [0, 0.1) is 11.6 Å². The quantitative estimate of drug-likeness (QED) is 0.559. The molecule has 2 aromatic carbocycles. The predicted molar refractivity (Wildman–Crippen MR) is 111 cm³/mol. The summed E-state index contributed by atoms with van der Waals surface area (Å²) in [6.45, 7) is 1.30. The van der Waals surface area contributed by atoms with Gasteiger partial charge in [-0.2, -0.15) is 4.98 Å². The zero-order valence-corrected chi connectivity index (χ0v) is 17.2. The fourth-order valence-electron chi connectivity index (χ4n) is 3.61. The number of amides is 1. The summed E-state index contributed by atoms with van der Waals surface area (Å²) in [7, 11) is 0. The standard InChI is InChI=1S/C22H18F2N2O4S/c23-14-10-16(24)21-19(11-14)31-22(25-21)30-15-5-7-26(8-6-15)20(27)4-2-13-1-3-17-18(9-13)29-12-28-17/h1-4,9-11,15H,5-8,12H2/b4-2+. The first-order valence-corrected chi connectivity index (χ1v) is 10.7. The minimum atomic E-state index is -0.698. The third kappa shape index (κ3) is 4.18. The predicted octanol–water partition coefficient (Wildman–Crippen LogP) is 4.39. The highest BCUT2D eigenvalue weighted by atomic mass is 32.1. The summed E-state index contributed by atoms with van der Waals surface area (Å²) in [4.78, 5) is 18.4. The molecule has 0 aliphatic carbocycles. The molecular weight excluding hydrogens is 426 g/mol. The molecule has 0 saturated carbocycles. The van der Waals surface area contributed by atoms with Crippen molar-refractivity contribution in [3.05, 3.63) is 53.6 Å². The topological polar surface area (TPSA) is 60.9 Å². The molecule has 2 aliphatic heterocycles. The van der Waals surface area contributed by atoms with E-state index in [-0.39, 0.29) is 24.3 Å². The smallest absolute Gasteiger partial charge is 0.274 e. The van der Waals surface area contributed by atoms with E-state index in [2.05, 4.69) is 4.98 Å². The second-order valence-electron chi connectivity index (χ2n) is 7.30. The number of piperidine rings is 1. The fourth-order valence-corrected chi connectivity index (χ4v) is 4.53. The molecule has 3 aromatic rings. The largest absolute Gasteiger partial charge is 0.467 e. The number of hydrogen-bond acceptors (Lipinski definition) is 6. The van der Waals surface area contributed by atoms with E-state index in [1.165, 1.54) is 6.07 Å². The molecule has 3 heterocycles. The van der Waals surface area contributed by atoms with E-state index in [0.717, 1.165) is 23.0 Å². The van der Waals surface area contributed by atoms with Crippen molar-refractivity contribution in [1.29, 1.82) is 0 Å². The summed E-state index contributed by atoms with van der Waals surface area (Å²) in [5.74, 6) is -0.0400. The third-order valence-corrected chi connectivity index (χ3v) is 6.12. The minimum absolute atomic E-state index is 0.0753. The number of benzene rings is 2. The van der Waals surface area contributed by atoms with Crippen LogP contribution in [0.1, 0.15) is 18.4 Å². The molecule has 1 aromatic heterocycles. The molecule has 2 aliphatic rings. The highest BCUT2D eigenvalue weighted by Gasteiger charge is 2.24. The van der Waals surface area contributed by atoms with Gasteiger partial charge in [-0.3, -0.25) is 4.79 Å². The maximum absolute atomic E-state index is 13.8. The van der Waals surface area contributed by atoms with Crippen LogP contribution >= 0.6 is 11.3 Å². The van der Waals surface area contributed by atoms with Crippen molar-refractivity contribution in [3.8, 4) is 16.7 Å². The molecule has 0 unspecified atom stereocenters. The number of halogens is 2. The molecule has 31 heavy (non-hydrogen) atoms. The first-order valence-electron chi connectivity index (χ1n) is 9.84. The molecule has 9 heteroatoms. The summed E-state index contributed by atoms with van der Waals surface area (Å²) < 4.78 is 44.1. The summed E-state index contributed by atoms with van der Waals surface area (Å²) >= 11 is 1.12. The van der Waals surface area contributed by atoms with E-state index >= 15 is 0 Å². The number of hydrogen-bond donors (Lipinski definition) is 0.